The fourth-order valence-corrected chi connectivity index (χ4v) is 4.54. The molecule has 2 aromatic heterocycles. The van der Waals surface area contributed by atoms with Gasteiger partial charge in [-0.25, -0.2) is 9.97 Å². The first-order valence-corrected chi connectivity index (χ1v) is 9.31. The van der Waals surface area contributed by atoms with E-state index in [4.69, 9.17) is 4.98 Å². The molecule has 23 heavy (non-hydrogen) atoms. The molecule has 1 atom stereocenters. The molecule has 2 aliphatic rings. The van der Waals surface area contributed by atoms with Crippen molar-refractivity contribution >= 4 is 11.2 Å². The first kappa shape index (κ1) is 15.1. The second kappa shape index (κ2) is 6.60. The molecule has 1 saturated carbocycles. The van der Waals surface area contributed by atoms with Gasteiger partial charge < -0.3 is 9.47 Å². The molecular formula is C19H28N4. The zero-order valence-corrected chi connectivity index (χ0v) is 14.2. The van der Waals surface area contributed by atoms with Crippen LogP contribution in [0.25, 0.3) is 11.2 Å². The van der Waals surface area contributed by atoms with E-state index in [1.54, 1.807) is 0 Å². The van der Waals surface area contributed by atoms with Crippen molar-refractivity contribution < 1.29 is 0 Å². The summed E-state index contributed by atoms with van der Waals surface area (Å²) in [6.07, 6.45) is 12.4. The van der Waals surface area contributed by atoms with Crippen LogP contribution < -0.4 is 0 Å². The van der Waals surface area contributed by atoms with Crippen molar-refractivity contribution in [3.8, 4) is 0 Å². The number of piperidine rings is 1. The predicted molar refractivity (Wildman–Crippen MR) is 93.6 cm³/mol. The normalized spacial score (nSPS) is 24.3. The van der Waals surface area contributed by atoms with Crippen LogP contribution in [0.1, 0.15) is 56.8 Å². The molecular weight excluding hydrogens is 284 g/mol. The largest absolute Gasteiger partial charge is 0.310 e. The lowest BCUT2D eigenvalue weighted by molar-refractivity contribution is 0.205. The quantitative estimate of drug-likeness (QED) is 0.864. The highest BCUT2D eigenvalue weighted by molar-refractivity contribution is 5.71. The molecule has 1 saturated heterocycles. The third kappa shape index (κ3) is 3.14. The number of aromatic nitrogens is 3. The minimum Gasteiger partial charge on any atom is -0.310 e. The Hall–Kier alpha value is -1.42. The van der Waals surface area contributed by atoms with Gasteiger partial charge in [0.2, 0.25) is 0 Å². The van der Waals surface area contributed by atoms with Gasteiger partial charge in [0.15, 0.2) is 5.65 Å². The lowest BCUT2D eigenvalue weighted by Gasteiger charge is -2.30. The molecule has 0 radical (unpaired) electrons. The maximum atomic E-state index is 4.99. The Morgan fingerprint density at radius 2 is 2.00 bits per heavy atom. The zero-order chi connectivity index (χ0) is 15.6. The van der Waals surface area contributed by atoms with Crippen LogP contribution in [-0.2, 0) is 6.42 Å². The van der Waals surface area contributed by atoms with Gasteiger partial charge in [0, 0.05) is 25.2 Å². The fraction of sp³-hybridized carbons (Fsp3) is 0.684. The first-order valence-electron chi connectivity index (χ1n) is 9.31. The summed E-state index contributed by atoms with van der Waals surface area (Å²) in [4.78, 5) is 12.1. The summed E-state index contributed by atoms with van der Waals surface area (Å²) in [5.41, 5.74) is 2.19. The van der Waals surface area contributed by atoms with E-state index in [0.717, 1.165) is 23.5 Å². The average Bonchev–Trinajstić information content (AvgIpc) is 2.93. The number of imidazole rings is 1. The van der Waals surface area contributed by atoms with Crippen molar-refractivity contribution in [1.82, 2.24) is 19.4 Å². The second-order valence-electron chi connectivity index (χ2n) is 7.51. The molecule has 0 aromatic carbocycles. The van der Waals surface area contributed by atoms with Gasteiger partial charge in [-0.05, 0) is 57.3 Å². The minimum atomic E-state index is 0.611. The second-order valence-corrected chi connectivity index (χ2v) is 7.51. The van der Waals surface area contributed by atoms with Crippen LogP contribution >= 0.6 is 0 Å². The van der Waals surface area contributed by atoms with Crippen LogP contribution in [0.2, 0.25) is 0 Å². The van der Waals surface area contributed by atoms with Crippen molar-refractivity contribution in [2.75, 3.05) is 20.1 Å². The van der Waals surface area contributed by atoms with Gasteiger partial charge in [0.25, 0.3) is 0 Å². The summed E-state index contributed by atoms with van der Waals surface area (Å²) in [6, 6.07) is 4.75. The number of likely N-dealkylation sites (tertiary alicyclic amines) is 1. The van der Waals surface area contributed by atoms with Crippen molar-refractivity contribution in [2.24, 2.45) is 5.92 Å². The molecule has 4 rings (SSSR count). The number of hydrogen-bond donors (Lipinski definition) is 0. The van der Waals surface area contributed by atoms with E-state index < -0.39 is 0 Å². The van der Waals surface area contributed by atoms with E-state index in [1.807, 2.05) is 12.3 Å². The molecule has 0 N–H and O–H groups in total. The highest BCUT2D eigenvalue weighted by Crippen LogP contribution is 2.33. The lowest BCUT2D eigenvalue weighted by atomic mass is 9.93. The molecule has 4 nitrogen and oxygen atoms in total. The van der Waals surface area contributed by atoms with Crippen molar-refractivity contribution in [3.63, 3.8) is 0 Å². The van der Waals surface area contributed by atoms with Crippen molar-refractivity contribution in [1.29, 1.82) is 0 Å². The SMILES string of the molecule is CN1CCCC(Cc2nc3cccnc3n2C2CCCCC2)C1. The molecule has 1 aliphatic heterocycles. The molecule has 0 bridgehead atoms. The van der Waals surface area contributed by atoms with Crippen molar-refractivity contribution in [2.45, 2.75) is 57.4 Å². The third-order valence-electron chi connectivity index (χ3n) is 5.66. The maximum absolute atomic E-state index is 4.99. The Balaban J connectivity index is 1.67. The zero-order valence-electron chi connectivity index (χ0n) is 14.2. The number of hydrogen-bond acceptors (Lipinski definition) is 3. The summed E-state index contributed by atoms with van der Waals surface area (Å²) >= 11 is 0. The lowest BCUT2D eigenvalue weighted by Crippen LogP contribution is -2.33. The van der Waals surface area contributed by atoms with Gasteiger partial charge in [-0.3, -0.25) is 0 Å². The van der Waals surface area contributed by atoms with E-state index in [0.29, 0.717) is 6.04 Å². The van der Waals surface area contributed by atoms with E-state index in [1.165, 1.54) is 63.9 Å². The molecule has 0 amide bonds. The van der Waals surface area contributed by atoms with E-state index in [9.17, 15) is 0 Å². The maximum Gasteiger partial charge on any atom is 0.160 e. The molecule has 2 aromatic rings. The van der Waals surface area contributed by atoms with E-state index >= 15 is 0 Å². The Bertz CT molecular complexity index is 656. The van der Waals surface area contributed by atoms with Crippen LogP contribution in [0.5, 0.6) is 0 Å². The summed E-state index contributed by atoms with van der Waals surface area (Å²) in [7, 11) is 2.25. The number of pyridine rings is 1. The van der Waals surface area contributed by atoms with Gasteiger partial charge in [0.1, 0.15) is 11.3 Å². The van der Waals surface area contributed by atoms with E-state index in [2.05, 4.69) is 27.6 Å². The topological polar surface area (TPSA) is 34.0 Å². The standard InChI is InChI=1S/C19H28N4/c1-22-12-6-7-15(14-22)13-18-21-17-10-5-11-20-19(17)23(18)16-8-3-2-4-9-16/h5,10-11,15-16H,2-4,6-9,12-14H2,1H3. The Kier molecular flexibility index (Phi) is 4.34. The van der Waals surface area contributed by atoms with Gasteiger partial charge in [-0.2, -0.15) is 0 Å². The third-order valence-corrected chi connectivity index (χ3v) is 5.66. The van der Waals surface area contributed by atoms with Gasteiger partial charge in [0.05, 0.1) is 0 Å². The summed E-state index contributed by atoms with van der Waals surface area (Å²) in [6.45, 7) is 2.46. The molecule has 4 heteroatoms. The van der Waals surface area contributed by atoms with E-state index in [-0.39, 0.29) is 0 Å². The molecule has 0 spiro atoms. The minimum absolute atomic E-state index is 0.611. The van der Waals surface area contributed by atoms with Gasteiger partial charge in [-0.15, -0.1) is 0 Å². The number of rotatable bonds is 3. The van der Waals surface area contributed by atoms with Crippen molar-refractivity contribution in [3.05, 3.63) is 24.2 Å². The molecule has 124 valence electrons. The van der Waals surface area contributed by atoms with Crippen LogP contribution in [0, 0.1) is 5.92 Å². The molecule has 2 fully saturated rings. The highest BCUT2D eigenvalue weighted by Gasteiger charge is 2.25. The Morgan fingerprint density at radius 3 is 2.83 bits per heavy atom. The van der Waals surface area contributed by atoms with Crippen LogP contribution in [-0.4, -0.2) is 39.6 Å². The average molecular weight is 312 g/mol. The first-order chi connectivity index (χ1) is 11.3. The van der Waals surface area contributed by atoms with Gasteiger partial charge in [-0.1, -0.05) is 19.3 Å². The molecule has 3 heterocycles. The predicted octanol–water partition coefficient (Wildman–Crippen LogP) is 3.82. The summed E-state index contributed by atoms with van der Waals surface area (Å²) in [5.74, 6) is 2.03. The van der Waals surface area contributed by atoms with Gasteiger partial charge >= 0.3 is 0 Å². The monoisotopic (exact) mass is 312 g/mol. The fourth-order valence-electron chi connectivity index (χ4n) is 4.54. The van der Waals surface area contributed by atoms with Crippen LogP contribution in [0.4, 0.5) is 0 Å². The number of fused-ring (bicyclic) bond motifs is 1. The van der Waals surface area contributed by atoms with Crippen LogP contribution in [0.3, 0.4) is 0 Å². The molecule has 1 unspecified atom stereocenters. The summed E-state index contributed by atoms with van der Waals surface area (Å²) < 4.78 is 2.50. The molecule has 1 aliphatic carbocycles. The van der Waals surface area contributed by atoms with Crippen LogP contribution in [0.15, 0.2) is 18.3 Å². The Morgan fingerprint density at radius 1 is 1.13 bits per heavy atom. The smallest absolute Gasteiger partial charge is 0.160 e. The number of nitrogens with zero attached hydrogens (tertiary/aromatic N) is 4. The summed E-state index contributed by atoms with van der Waals surface area (Å²) in [5, 5.41) is 0. The highest BCUT2D eigenvalue weighted by atomic mass is 15.2. The Labute approximate surface area is 138 Å².